The number of nitrogens with zero attached hydrogens (tertiary/aromatic N) is 1. The van der Waals surface area contributed by atoms with E-state index in [1.54, 1.807) is 0 Å². The summed E-state index contributed by atoms with van der Waals surface area (Å²) in [5.74, 6) is 0.941. The number of nitrogens with two attached hydrogens (primary N) is 1. The van der Waals surface area contributed by atoms with Gasteiger partial charge in [-0.05, 0) is 50.0 Å². The van der Waals surface area contributed by atoms with Gasteiger partial charge in [0.2, 0.25) is 0 Å². The smallest absolute Gasteiger partial charge is 0.119 e. The first kappa shape index (κ1) is 13.4. The Morgan fingerprint density at radius 2 is 2.00 bits per heavy atom. The molecule has 0 spiro atoms. The minimum atomic E-state index is 0.574. The summed E-state index contributed by atoms with van der Waals surface area (Å²) in [5.41, 5.74) is 6.74. The minimum Gasteiger partial charge on any atom is -0.494 e. The molecule has 1 aliphatic rings. The summed E-state index contributed by atoms with van der Waals surface area (Å²) >= 11 is 0. The molecule has 3 nitrogen and oxygen atoms in total. The first-order chi connectivity index (χ1) is 8.88. The lowest BCUT2D eigenvalue weighted by Crippen LogP contribution is -2.31. The van der Waals surface area contributed by atoms with Crippen molar-refractivity contribution in [2.24, 2.45) is 5.73 Å². The Bertz CT molecular complexity index is 348. The van der Waals surface area contributed by atoms with Gasteiger partial charge in [-0.1, -0.05) is 18.6 Å². The van der Waals surface area contributed by atoms with E-state index in [4.69, 9.17) is 10.5 Å². The van der Waals surface area contributed by atoms with Gasteiger partial charge in [-0.25, -0.2) is 0 Å². The third-order valence-corrected chi connectivity index (χ3v) is 3.47. The molecule has 1 aromatic rings. The average Bonchev–Trinajstić information content (AvgIpc) is 2.45. The first-order valence-electron chi connectivity index (χ1n) is 7.02. The van der Waals surface area contributed by atoms with Gasteiger partial charge in [-0.3, -0.25) is 0 Å². The zero-order valence-corrected chi connectivity index (χ0v) is 11.1. The van der Waals surface area contributed by atoms with Crippen molar-refractivity contribution in [1.29, 1.82) is 0 Å². The molecule has 2 rings (SSSR count). The van der Waals surface area contributed by atoms with Gasteiger partial charge in [0.1, 0.15) is 5.75 Å². The third kappa shape index (κ3) is 4.31. The van der Waals surface area contributed by atoms with Crippen LogP contribution in [0.2, 0.25) is 0 Å². The second-order valence-electron chi connectivity index (χ2n) is 4.96. The maximum Gasteiger partial charge on any atom is 0.119 e. The molecule has 100 valence electrons. The molecule has 0 aromatic heterocycles. The van der Waals surface area contributed by atoms with Crippen LogP contribution in [0, 0.1) is 0 Å². The Labute approximate surface area is 110 Å². The van der Waals surface area contributed by atoms with Crippen LogP contribution in [0.5, 0.6) is 5.75 Å². The molecule has 2 N–H and O–H groups in total. The molecule has 1 heterocycles. The Hall–Kier alpha value is -1.06. The lowest BCUT2D eigenvalue weighted by Gasteiger charge is -2.26. The zero-order chi connectivity index (χ0) is 12.6. The molecule has 0 unspecified atom stereocenters. The molecule has 1 fully saturated rings. The normalized spacial score (nSPS) is 16.7. The number of rotatable bonds is 6. The van der Waals surface area contributed by atoms with Gasteiger partial charge in [0, 0.05) is 13.1 Å². The van der Waals surface area contributed by atoms with E-state index in [0.29, 0.717) is 6.54 Å². The highest BCUT2D eigenvalue weighted by molar-refractivity contribution is 5.28. The van der Waals surface area contributed by atoms with Crippen molar-refractivity contribution < 1.29 is 4.74 Å². The SMILES string of the molecule is NCc1cccc(OCCCN2CCCCC2)c1. The molecule has 1 aromatic carbocycles. The van der Waals surface area contributed by atoms with Crippen LogP contribution in [0.25, 0.3) is 0 Å². The highest BCUT2D eigenvalue weighted by atomic mass is 16.5. The fourth-order valence-electron chi connectivity index (χ4n) is 2.42. The van der Waals surface area contributed by atoms with Gasteiger partial charge in [0.05, 0.1) is 6.61 Å². The number of benzene rings is 1. The van der Waals surface area contributed by atoms with Crippen molar-refractivity contribution in [3.63, 3.8) is 0 Å². The van der Waals surface area contributed by atoms with Crippen molar-refractivity contribution in [2.75, 3.05) is 26.2 Å². The lowest BCUT2D eigenvalue weighted by atomic mass is 10.1. The predicted octanol–water partition coefficient (Wildman–Crippen LogP) is 2.40. The standard InChI is InChI=1S/C15H24N2O/c16-13-14-6-4-7-15(12-14)18-11-5-10-17-8-2-1-3-9-17/h4,6-7,12H,1-3,5,8-11,13,16H2. The van der Waals surface area contributed by atoms with E-state index in [0.717, 1.165) is 30.9 Å². The van der Waals surface area contributed by atoms with E-state index in [1.165, 1.54) is 32.4 Å². The highest BCUT2D eigenvalue weighted by Crippen LogP contribution is 2.13. The number of ether oxygens (including phenoxy) is 1. The Morgan fingerprint density at radius 3 is 2.78 bits per heavy atom. The molecule has 1 saturated heterocycles. The summed E-state index contributed by atoms with van der Waals surface area (Å²) in [6.45, 7) is 5.07. The quantitative estimate of drug-likeness (QED) is 0.786. The molecule has 0 radical (unpaired) electrons. The topological polar surface area (TPSA) is 38.5 Å². The van der Waals surface area contributed by atoms with Crippen LogP contribution < -0.4 is 10.5 Å². The predicted molar refractivity (Wildman–Crippen MR) is 74.7 cm³/mol. The van der Waals surface area contributed by atoms with Crippen molar-refractivity contribution in [2.45, 2.75) is 32.2 Å². The molecule has 3 heteroatoms. The van der Waals surface area contributed by atoms with E-state index in [1.807, 2.05) is 24.3 Å². The Morgan fingerprint density at radius 1 is 1.17 bits per heavy atom. The fraction of sp³-hybridized carbons (Fsp3) is 0.600. The summed E-state index contributed by atoms with van der Waals surface area (Å²) < 4.78 is 5.76. The molecule has 0 bridgehead atoms. The van der Waals surface area contributed by atoms with E-state index < -0.39 is 0 Å². The molecular formula is C15H24N2O. The van der Waals surface area contributed by atoms with Gasteiger partial charge in [0.15, 0.2) is 0 Å². The molecule has 18 heavy (non-hydrogen) atoms. The largest absolute Gasteiger partial charge is 0.494 e. The maximum atomic E-state index is 5.76. The second kappa shape index (κ2) is 7.39. The highest BCUT2D eigenvalue weighted by Gasteiger charge is 2.08. The second-order valence-corrected chi connectivity index (χ2v) is 4.96. The minimum absolute atomic E-state index is 0.574. The van der Waals surface area contributed by atoms with Crippen molar-refractivity contribution >= 4 is 0 Å². The molecule has 0 aliphatic carbocycles. The third-order valence-electron chi connectivity index (χ3n) is 3.47. The Kier molecular flexibility index (Phi) is 5.49. The average molecular weight is 248 g/mol. The summed E-state index contributed by atoms with van der Waals surface area (Å²) in [7, 11) is 0. The maximum absolute atomic E-state index is 5.76. The summed E-state index contributed by atoms with van der Waals surface area (Å²) in [4.78, 5) is 2.54. The number of hydrogen-bond acceptors (Lipinski definition) is 3. The van der Waals surface area contributed by atoms with Crippen LogP contribution in [0.15, 0.2) is 24.3 Å². The molecule has 0 atom stereocenters. The van der Waals surface area contributed by atoms with Crippen LogP contribution >= 0.6 is 0 Å². The van der Waals surface area contributed by atoms with Gasteiger partial charge in [-0.2, -0.15) is 0 Å². The van der Waals surface area contributed by atoms with Gasteiger partial charge in [0.25, 0.3) is 0 Å². The monoisotopic (exact) mass is 248 g/mol. The van der Waals surface area contributed by atoms with Crippen molar-refractivity contribution in [3.8, 4) is 5.75 Å². The zero-order valence-electron chi connectivity index (χ0n) is 11.1. The molecule has 0 saturated carbocycles. The summed E-state index contributed by atoms with van der Waals surface area (Å²) in [6, 6.07) is 8.06. The van der Waals surface area contributed by atoms with E-state index in [9.17, 15) is 0 Å². The van der Waals surface area contributed by atoms with E-state index >= 15 is 0 Å². The molecular weight excluding hydrogens is 224 g/mol. The first-order valence-corrected chi connectivity index (χ1v) is 7.02. The van der Waals surface area contributed by atoms with E-state index in [2.05, 4.69) is 4.90 Å². The number of likely N-dealkylation sites (tertiary alicyclic amines) is 1. The van der Waals surface area contributed by atoms with Crippen LogP contribution in [-0.4, -0.2) is 31.1 Å². The van der Waals surface area contributed by atoms with Gasteiger partial charge in [-0.15, -0.1) is 0 Å². The van der Waals surface area contributed by atoms with Crippen molar-refractivity contribution in [1.82, 2.24) is 4.90 Å². The number of hydrogen-bond donors (Lipinski definition) is 1. The summed E-state index contributed by atoms with van der Waals surface area (Å²) in [6.07, 6.45) is 5.23. The fourth-order valence-corrected chi connectivity index (χ4v) is 2.42. The molecule has 0 amide bonds. The van der Waals surface area contributed by atoms with Crippen LogP contribution in [0.1, 0.15) is 31.2 Å². The number of piperidine rings is 1. The van der Waals surface area contributed by atoms with Crippen LogP contribution in [0.3, 0.4) is 0 Å². The Balaban J connectivity index is 1.65. The molecule has 1 aliphatic heterocycles. The summed E-state index contributed by atoms with van der Waals surface area (Å²) in [5, 5.41) is 0. The van der Waals surface area contributed by atoms with Gasteiger partial charge < -0.3 is 15.4 Å². The van der Waals surface area contributed by atoms with Crippen LogP contribution in [-0.2, 0) is 6.54 Å². The van der Waals surface area contributed by atoms with E-state index in [-0.39, 0.29) is 0 Å². The van der Waals surface area contributed by atoms with Crippen LogP contribution in [0.4, 0.5) is 0 Å². The van der Waals surface area contributed by atoms with Crippen molar-refractivity contribution in [3.05, 3.63) is 29.8 Å². The van der Waals surface area contributed by atoms with Gasteiger partial charge >= 0.3 is 0 Å². The lowest BCUT2D eigenvalue weighted by molar-refractivity contribution is 0.205.